The van der Waals surface area contributed by atoms with E-state index in [0.717, 1.165) is 19.0 Å². The van der Waals surface area contributed by atoms with E-state index in [1.165, 1.54) is 32.1 Å². The first-order chi connectivity index (χ1) is 6.83. The zero-order valence-corrected chi connectivity index (χ0v) is 9.14. The summed E-state index contributed by atoms with van der Waals surface area (Å²) in [6.45, 7) is 1.64. The lowest BCUT2D eigenvalue weighted by atomic mass is 10.0. The molecule has 0 aliphatic heterocycles. The third-order valence-electron chi connectivity index (χ3n) is 2.95. The zero-order chi connectivity index (χ0) is 10.2. The van der Waals surface area contributed by atoms with Gasteiger partial charge in [0.2, 0.25) is 5.91 Å². The summed E-state index contributed by atoms with van der Waals surface area (Å²) in [7, 11) is 1.87. The van der Waals surface area contributed by atoms with Crippen LogP contribution in [0.2, 0.25) is 0 Å². The highest BCUT2D eigenvalue weighted by atomic mass is 16.1. The number of rotatable bonds is 6. The Morgan fingerprint density at radius 2 is 2.00 bits per heavy atom. The maximum Gasteiger partial charge on any atom is 0.221 e. The van der Waals surface area contributed by atoms with Crippen LogP contribution < -0.4 is 10.6 Å². The van der Waals surface area contributed by atoms with Gasteiger partial charge < -0.3 is 10.6 Å². The third kappa shape index (κ3) is 4.61. The first kappa shape index (κ1) is 11.5. The summed E-state index contributed by atoms with van der Waals surface area (Å²) in [4.78, 5) is 11.2. The molecule has 0 unspecified atom stereocenters. The van der Waals surface area contributed by atoms with Crippen LogP contribution in [0.15, 0.2) is 0 Å². The van der Waals surface area contributed by atoms with E-state index < -0.39 is 0 Å². The second-order valence-electron chi connectivity index (χ2n) is 4.14. The maximum atomic E-state index is 11.2. The molecule has 3 heteroatoms. The average Bonchev–Trinajstić information content (AvgIpc) is 2.67. The van der Waals surface area contributed by atoms with Crippen molar-refractivity contribution in [1.29, 1.82) is 0 Å². The topological polar surface area (TPSA) is 41.1 Å². The Labute approximate surface area is 86.6 Å². The second kappa shape index (κ2) is 6.82. The fraction of sp³-hybridized carbons (Fsp3) is 0.909. The predicted molar refractivity (Wildman–Crippen MR) is 58.1 cm³/mol. The smallest absolute Gasteiger partial charge is 0.221 e. The van der Waals surface area contributed by atoms with Gasteiger partial charge in [-0.2, -0.15) is 0 Å². The normalized spacial score (nSPS) is 17.2. The minimum absolute atomic E-state index is 0.178. The summed E-state index contributed by atoms with van der Waals surface area (Å²) in [5.74, 6) is 1.05. The molecule has 1 aliphatic carbocycles. The molecular formula is C11H22N2O. The van der Waals surface area contributed by atoms with E-state index in [1.807, 2.05) is 7.05 Å². The Bertz CT molecular complexity index is 165. The van der Waals surface area contributed by atoms with Gasteiger partial charge in [0.1, 0.15) is 0 Å². The summed E-state index contributed by atoms with van der Waals surface area (Å²) >= 11 is 0. The molecule has 2 N–H and O–H groups in total. The number of carbonyl (C=O) groups is 1. The van der Waals surface area contributed by atoms with Gasteiger partial charge in [-0.3, -0.25) is 4.79 Å². The van der Waals surface area contributed by atoms with Crippen LogP contribution in [0.4, 0.5) is 0 Å². The van der Waals surface area contributed by atoms with Crippen molar-refractivity contribution >= 4 is 5.91 Å². The molecule has 0 radical (unpaired) electrons. The molecule has 1 amide bonds. The SMILES string of the molecule is CNCCC(=O)NCCC1CCCC1. The Hall–Kier alpha value is -0.570. The van der Waals surface area contributed by atoms with Gasteiger partial charge in [-0.15, -0.1) is 0 Å². The molecule has 0 spiro atoms. The molecule has 1 fully saturated rings. The molecule has 1 saturated carbocycles. The molecular weight excluding hydrogens is 176 g/mol. The lowest BCUT2D eigenvalue weighted by molar-refractivity contribution is -0.121. The fourth-order valence-electron chi connectivity index (χ4n) is 2.04. The van der Waals surface area contributed by atoms with Crippen LogP contribution in [0.25, 0.3) is 0 Å². The molecule has 0 aromatic carbocycles. The van der Waals surface area contributed by atoms with Crippen molar-refractivity contribution in [2.75, 3.05) is 20.1 Å². The van der Waals surface area contributed by atoms with Crippen molar-refractivity contribution in [3.8, 4) is 0 Å². The Kier molecular flexibility index (Phi) is 5.60. The van der Waals surface area contributed by atoms with Crippen molar-refractivity contribution in [1.82, 2.24) is 10.6 Å². The van der Waals surface area contributed by atoms with E-state index >= 15 is 0 Å². The zero-order valence-electron chi connectivity index (χ0n) is 9.14. The highest BCUT2D eigenvalue weighted by Gasteiger charge is 2.14. The van der Waals surface area contributed by atoms with Gasteiger partial charge in [0.25, 0.3) is 0 Å². The van der Waals surface area contributed by atoms with Crippen molar-refractivity contribution in [2.24, 2.45) is 5.92 Å². The monoisotopic (exact) mass is 198 g/mol. The summed E-state index contributed by atoms with van der Waals surface area (Å²) in [6.07, 6.45) is 7.28. The van der Waals surface area contributed by atoms with Gasteiger partial charge in [-0.1, -0.05) is 25.7 Å². The van der Waals surface area contributed by atoms with Crippen molar-refractivity contribution < 1.29 is 4.79 Å². The highest BCUT2D eigenvalue weighted by molar-refractivity contribution is 5.75. The quantitative estimate of drug-likeness (QED) is 0.675. The highest BCUT2D eigenvalue weighted by Crippen LogP contribution is 2.26. The molecule has 0 saturated heterocycles. The first-order valence-corrected chi connectivity index (χ1v) is 5.74. The Morgan fingerprint density at radius 1 is 1.29 bits per heavy atom. The van der Waals surface area contributed by atoms with E-state index in [-0.39, 0.29) is 5.91 Å². The van der Waals surface area contributed by atoms with Crippen molar-refractivity contribution in [3.05, 3.63) is 0 Å². The number of nitrogens with one attached hydrogen (secondary N) is 2. The lowest BCUT2D eigenvalue weighted by Gasteiger charge is -2.09. The van der Waals surface area contributed by atoms with E-state index in [4.69, 9.17) is 0 Å². The van der Waals surface area contributed by atoms with Gasteiger partial charge in [-0.25, -0.2) is 0 Å². The predicted octanol–water partition coefficient (Wildman–Crippen LogP) is 1.29. The van der Waals surface area contributed by atoms with E-state index in [9.17, 15) is 4.79 Å². The fourth-order valence-corrected chi connectivity index (χ4v) is 2.04. The van der Waals surface area contributed by atoms with Crippen LogP contribution in [0.1, 0.15) is 38.5 Å². The van der Waals surface area contributed by atoms with Gasteiger partial charge >= 0.3 is 0 Å². The summed E-state index contributed by atoms with van der Waals surface area (Å²) in [5.41, 5.74) is 0. The minimum Gasteiger partial charge on any atom is -0.356 e. The molecule has 82 valence electrons. The van der Waals surface area contributed by atoms with Crippen molar-refractivity contribution in [3.63, 3.8) is 0 Å². The number of carbonyl (C=O) groups excluding carboxylic acids is 1. The number of hydrogen-bond donors (Lipinski definition) is 2. The molecule has 1 rings (SSSR count). The molecule has 0 atom stereocenters. The van der Waals surface area contributed by atoms with Gasteiger partial charge in [0, 0.05) is 19.5 Å². The largest absolute Gasteiger partial charge is 0.356 e. The molecule has 0 aromatic heterocycles. The van der Waals surface area contributed by atoms with Crippen LogP contribution in [-0.4, -0.2) is 26.0 Å². The number of hydrogen-bond acceptors (Lipinski definition) is 2. The van der Waals surface area contributed by atoms with Crippen LogP contribution >= 0.6 is 0 Å². The average molecular weight is 198 g/mol. The van der Waals surface area contributed by atoms with Crippen LogP contribution in [0.5, 0.6) is 0 Å². The maximum absolute atomic E-state index is 11.2. The minimum atomic E-state index is 0.178. The third-order valence-corrected chi connectivity index (χ3v) is 2.95. The number of amides is 1. The van der Waals surface area contributed by atoms with Gasteiger partial charge in [0.15, 0.2) is 0 Å². The molecule has 0 aromatic rings. The van der Waals surface area contributed by atoms with E-state index in [0.29, 0.717) is 6.42 Å². The molecule has 0 heterocycles. The van der Waals surface area contributed by atoms with Gasteiger partial charge in [0.05, 0.1) is 0 Å². The Morgan fingerprint density at radius 3 is 2.64 bits per heavy atom. The summed E-state index contributed by atoms with van der Waals surface area (Å²) in [6, 6.07) is 0. The van der Waals surface area contributed by atoms with Crippen LogP contribution in [-0.2, 0) is 4.79 Å². The molecule has 1 aliphatic rings. The molecule has 14 heavy (non-hydrogen) atoms. The lowest BCUT2D eigenvalue weighted by Crippen LogP contribution is -2.28. The van der Waals surface area contributed by atoms with Crippen LogP contribution in [0.3, 0.4) is 0 Å². The summed E-state index contributed by atoms with van der Waals surface area (Å²) < 4.78 is 0. The van der Waals surface area contributed by atoms with E-state index in [2.05, 4.69) is 10.6 Å². The standard InChI is InChI=1S/C11H22N2O/c1-12-8-7-11(14)13-9-6-10-4-2-3-5-10/h10,12H,2-9H2,1H3,(H,13,14). The first-order valence-electron chi connectivity index (χ1n) is 5.74. The summed E-state index contributed by atoms with van der Waals surface area (Å²) in [5, 5.41) is 5.93. The van der Waals surface area contributed by atoms with Crippen molar-refractivity contribution in [2.45, 2.75) is 38.5 Å². The molecule has 0 bridgehead atoms. The molecule has 3 nitrogen and oxygen atoms in total. The van der Waals surface area contributed by atoms with E-state index in [1.54, 1.807) is 0 Å². The second-order valence-corrected chi connectivity index (χ2v) is 4.14. The van der Waals surface area contributed by atoms with Crippen LogP contribution in [0, 0.1) is 5.92 Å². The Balaban J connectivity index is 1.94. The van der Waals surface area contributed by atoms with Gasteiger partial charge in [-0.05, 0) is 19.4 Å².